The Morgan fingerprint density at radius 3 is 2.33 bits per heavy atom. The van der Waals surface area contributed by atoms with E-state index in [1.165, 1.54) is 5.56 Å². The van der Waals surface area contributed by atoms with Crippen LogP contribution in [0.25, 0.3) is 17.3 Å². The summed E-state index contributed by atoms with van der Waals surface area (Å²) < 4.78 is 0. The molecule has 45 heavy (non-hydrogen) atoms. The summed E-state index contributed by atoms with van der Waals surface area (Å²) in [5.41, 5.74) is 9.28. The topological polar surface area (TPSA) is 69.3 Å². The maximum atomic E-state index is 14.5. The first-order valence-electron chi connectivity index (χ1n) is 15.5. The van der Waals surface area contributed by atoms with Crippen molar-refractivity contribution in [3.05, 3.63) is 155 Å². The molecule has 0 saturated carbocycles. The van der Waals surface area contributed by atoms with E-state index in [-0.39, 0.29) is 11.8 Å². The van der Waals surface area contributed by atoms with Crippen LogP contribution in [0.2, 0.25) is 0 Å². The van der Waals surface area contributed by atoms with E-state index < -0.39 is 6.04 Å². The minimum atomic E-state index is -0.681. The minimum absolute atomic E-state index is 0.0334. The van der Waals surface area contributed by atoms with Crippen LogP contribution in [0.4, 0.5) is 0 Å². The molecule has 6 nitrogen and oxygen atoms in total. The van der Waals surface area contributed by atoms with Crippen molar-refractivity contribution in [1.29, 1.82) is 0 Å². The molecular weight excluding hydrogens is 556 g/mol. The molecule has 3 aromatic carbocycles. The van der Waals surface area contributed by atoms with Gasteiger partial charge in [0, 0.05) is 55.3 Å². The van der Waals surface area contributed by atoms with Crippen LogP contribution in [0.5, 0.6) is 0 Å². The lowest BCUT2D eigenvalue weighted by atomic mass is 9.97. The van der Waals surface area contributed by atoms with Gasteiger partial charge in [-0.25, -0.2) is 0 Å². The SMILES string of the molecule is Cc1cc(C=CC(=O)N(Cc2ccc(-c3ccccn3)cc2)[C@@H](Cc2ccccc2)C(=O)N2CCc3ccccc3C2)c(C)[nH]1. The zero-order valence-electron chi connectivity index (χ0n) is 25.8. The normalized spacial score (nSPS) is 13.4. The zero-order valence-corrected chi connectivity index (χ0v) is 25.8. The van der Waals surface area contributed by atoms with E-state index in [2.05, 4.69) is 22.1 Å². The standard InChI is InChI=1S/C39H38N4O2/c1-28-24-34(29(2)41-28)19-20-38(44)43(26-31-15-17-33(18-16-31)36-14-8-9-22-40-36)37(25-30-10-4-3-5-11-30)39(45)42-23-21-32-12-6-7-13-35(32)27-42/h3-20,22,24,37,41H,21,23,25-27H2,1-2H3/t37-/m0/s1. The van der Waals surface area contributed by atoms with Crippen LogP contribution < -0.4 is 0 Å². The van der Waals surface area contributed by atoms with Crippen molar-refractivity contribution in [3.63, 3.8) is 0 Å². The maximum Gasteiger partial charge on any atom is 0.247 e. The molecule has 0 bridgehead atoms. The summed E-state index contributed by atoms with van der Waals surface area (Å²) in [5, 5.41) is 0. The fraction of sp³-hybridized carbons (Fsp3) is 0.205. The fourth-order valence-corrected chi connectivity index (χ4v) is 6.09. The summed E-state index contributed by atoms with van der Waals surface area (Å²) in [7, 11) is 0. The highest BCUT2D eigenvalue weighted by atomic mass is 16.2. The molecule has 1 atom stereocenters. The average Bonchev–Trinajstić information content (AvgIpc) is 3.41. The molecule has 3 heterocycles. The first-order chi connectivity index (χ1) is 21.9. The third kappa shape index (κ3) is 7.13. The molecule has 0 unspecified atom stereocenters. The average molecular weight is 595 g/mol. The van der Waals surface area contributed by atoms with Crippen molar-refractivity contribution in [2.24, 2.45) is 0 Å². The van der Waals surface area contributed by atoms with Crippen molar-refractivity contribution in [1.82, 2.24) is 19.8 Å². The molecule has 0 radical (unpaired) electrons. The number of carbonyl (C=O) groups excluding carboxylic acids is 2. The maximum absolute atomic E-state index is 14.5. The Morgan fingerprint density at radius 2 is 1.62 bits per heavy atom. The second-order valence-corrected chi connectivity index (χ2v) is 11.7. The number of hydrogen-bond donors (Lipinski definition) is 1. The molecule has 0 aliphatic carbocycles. The van der Waals surface area contributed by atoms with Crippen LogP contribution >= 0.6 is 0 Å². The molecule has 1 aliphatic rings. The van der Waals surface area contributed by atoms with Gasteiger partial charge in [-0.3, -0.25) is 14.6 Å². The number of aryl methyl sites for hydroxylation is 2. The number of H-pyrrole nitrogens is 1. The summed E-state index contributed by atoms with van der Waals surface area (Å²) in [6, 6.07) is 33.6. The Morgan fingerprint density at radius 1 is 0.889 bits per heavy atom. The van der Waals surface area contributed by atoms with E-state index in [4.69, 9.17) is 0 Å². The molecule has 5 aromatic rings. The summed E-state index contributed by atoms with van der Waals surface area (Å²) in [5.74, 6) is -0.234. The Balaban J connectivity index is 1.35. The molecule has 2 aromatic heterocycles. The van der Waals surface area contributed by atoms with Gasteiger partial charge >= 0.3 is 0 Å². The van der Waals surface area contributed by atoms with Gasteiger partial charge in [0.2, 0.25) is 11.8 Å². The smallest absolute Gasteiger partial charge is 0.247 e. The molecule has 6 heteroatoms. The Bertz CT molecular complexity index is 1790. The highest BCUT2D eigenvalue weighted by Crippen LogP contribution is 2.24. The van der Waals surface area contributed by atoms with Crippen LogP contribution in [0.1, 0.15) is 39.2 Å². The van der Waals surface area contributed by atoms with Crippen molar-refractivity contribution in [2.45, 2.75) is 45.8 Å². The van der Waals surface area contributed by atoms with Gasteiger partial charge in [0.15, 0.2) is 0 Å². The van der Waals surface area contributed by atoms with Gasteiger partial charge in [-0.2, -0.15) is 0 Å². The molecule has 0 saturated heterocycles. The van der Waals surface area contributed by atoms with Crippen LogP contribution in [0.3, 0.4) is 0 Å². The predicted molar refractivity (Wildman–Crippen MR) is 179 cm³/mol. The number of aromatic nitrogens is 2. The highest BCUT2D eigenvalue weighted by Gasteiger charge is 2.34. The number of rotatable bonds is 9. The molecule has 6 rings (SSSR count). The number of aromatic amines is 1. The Kier molecular flexibility index (Phi) is 9.01. The predicted octanol–water partition coefficient (Wildman–Crippen LogP) is 6.93. The summed E-state index contributed by atoms with van der Waals surface area (Å²) in [6.07, 6.45) is 6.46. The third-order valence-electron chi connectivity index (χ3n) is 8.52. The van der Waals surface area contributed by atoms with E-state index in [0.717, 1.165) is 51.3 Å². The lowest BCUT2D eigenvalue weighted by Crippen LogP contribution is -2.52. The number of amides is 2. The first kappa shape index (κ1) is 29.8. The van der Waals surface area contributed by atoms with Crippen LogP contribution in [0, 0.1) is 13.8 Å². The van der Waals surface area contributed by atoms with Crippen LogP contribution in [0.15, 0.2) is 115 Å². The molecule has 0 fully saturated rings. The summed E-state index contributed by atoms with van der Waals surface area (Å²) in [6.45, 7) is 5.45. The quantitative estimate of drug-likeness (QED) is 0.188. The van der Waals surface area contributed by atoms with Crippen LogP contribution in [-0.4, -0.2) is 44.2 Å². The van der Waals surface area contributed by atoms with Crippen molar-refractivity contribution < 1.29 is 9.59 Å². The number of carbonyl (C=O) groups is 2. The van der Waals surface area contributed by atoms with E-state index in [9.17, 15) is 9.59 Å². The number of nitrogens with zero attached hydrogens (tertiary/aromatic N) is 3. The van der Waals surface area contributed by atoms with Crippen LogP contribution in [-0.2, 0) is 35.5 Å². The molecular formula is C39H38N4O2. The van der Waals surface area contributed by atoms with Gasteiger partial charge < -0.3 is 14.8 Å². The zero-order chi connectivity index (χ0) is 31.2. The second kappa shape index (κ2) is 13.6. The molecule has 226 valence electrons. The largest absolute Gasteiger partial charge is 0.362 e. The Labute approximate surface area is 265 Å². The van der Waals surface area contributed by atoms with E-state index in [1.54, 1.807) is 17.2 Å². The van der Waals surface area contributed by atoms with Crippen molar-refractivity contribution >= 4 is 17.9 Å². The third-order valence-corrected chi connectivity index (χ3v) is 8.52. The number of benzene rings is 3. The summed E-state index contributed by atoms with van der Waals surface area (Å²) in [4.78, 5) is 40.1. The first-order valence-corrected chi connectivity index (χ1v) is 15.5. The van der Waals surface area contributed by atoms with Gasteiger partial charge in [0.1, 0.15) is 6.04 Å². The lowest BCUT2D eigenvalue weighted by Gasteiger charge is -2.37. The van der Waals surface area contributed by atoms with Gasteiger partial charge in [0.05, 0.1) is 5.69 Å². The minimum Gasteiger partial charge on any atom is -0.362 e. The molecule has 1 N–H and O–H groups in total. The number of hydrogen-bond acceptors (Lipinski definition) is 3. The second-order valence-electron chi connectivity index (χ2n) is 11.7. The molecule has 0 spiro atoms. The lowest BCUT2D eigenvalue weighted by molar-refractivity contribution is -0.144. The van der Waals surface area contributed by atoms with E-state index in [0.29, 0.717) is 26.1 Å². The van der Waals surface area contributed by atoms with Gasteiger partial charge in [0.25, 0.3) is 0 Å². The summed E-state index contributed by atoms with van der Waals surface area (Å²) >= 11 is 0. The highest BCUT2D eigenvalue weighted by molar-refractivity contribution is 5.96. The van der Waals surface area contributed by atoms with Crippen molar-refractivity contribution in [3.8, 4) is 11.3 Å². The molecule has 1 aliphatic heterocycles. The monoisotopic (exact) mass is 594 g/mol. The van der Waals surface area contributed by atoms with Gasteiger partial charge in [-0.1, -0.05) is 84.9 Å². The number of pyridine rings is 1. The fourth-order valence-electron chi connectivity index (χ4n) is 6.09. The van der Waals surface area contributed by atoms with E-state index >= 15 is 0 Å². The number of fused-ring (bicyclic) bond motifs is 1. The molecule has 2 amide bonds. The van der Waals surface area contributed by atoms with E-state index in [1.807, 2.05) is 116 Å². The van der Waals surface area contributed by atoms with Gasteiger partial charge in [-0.15, -0.1) is 0 Å². The van der Waals surface area contributed by atoms with Crippen molar-refractivity contribution in [2.75, 3.05) is 6.54 Å². The Hall–Kier alpha value is -5.23. The van der Waals surface area contributed by atoms with Gasteiger partial charge in [-0.05, 0) is 72.4 Å². The number of nitrogens with one attached hydrogen (secondary N) is 1.